The molecular weight excluding hydrogens is 256 g/mol. The lowest BCUT2D eigenvalue weighted by atomic mass is 10.1. The van der Waals surface area contributed by atoms with Crippen molar-refractivity contribution in [2.24, 2.45) is 0 Å². The van der Waals surface area contributed by atoms with E-state index in [1.807, 2.05) is 6.92 Å². The van der Waals surface area contributed by atoms with E-state index in [2.05, 4.69) is 53.8 Å². The van der Waals surface area contributed by atoms with Crippen molar-refractivity contribution in [3.8, 4) is 11.8 Å². The van der Waals surface area contributed by atoms with Gasteiger partial charge < -0.3 is 9.88 Å². The van der Waals surface area contributed by atoms with Gasteiger partial charge in [0, 0.05) is 42.1 Å². The smallest absolute Gasteiger partial charge is 0.0485 e. The molecule has 1 aromatic heterocycles. The molecule has 110 valence electrons. The lowest BCUT2D eigenvalue weighted by Gasteiger charge is -2.07. The van der Waals surface area contributed by atoms with Crippen LogP contribution >= 0.6 is 0 Å². The van der Waals surface area contributed by atoms with Crippen molar-refractivity contribution in [1.29, 1.82) is 0 Å². The summed E-state index contributed by atoms with van der Waals surface area (Å²) in [5, 5.41) is 4.99. The summed E-state index contributed by atoms with van der Waals surface area (Å²) in [6.07, 6.45) is 3.61. The van der Waals surface area contributed by atoms with Crippen LogP contribution in [0.4, 0.5) is 0 Å². The van der Waals surface area contributed by atoms with Crippen LogP contribution in [-0.4, -0.2) is 10.6 Å². The molecule has 0 radical (unpaired) electrons. The van der Waals surface area contributed by atoms with Gasteiger partial charge in [0.2, 0.25) is 0 Å². The second-order valence-corrected chi connectivity index (χ2v) is 6.05. The Kier molecular flexibility index (Phi) is 4.03. The second kappa shape index (κ2) is 5.95. The standard InChI is InChI=1S/C19H24N2/c1-4-5-6-11-21-15(3)14(2)18-12-16(7-10-19(18)21)13-20-17-8-9-17/h7,10,12,17,20H,6,8-9,11,13H2,1-3H3. The molecule has 0 amide bonds. The summed E-state index contributed by atoms with van der Waals surface area (Å²) in [6.45, 7) is 8.34. The molecule has 1 saturated carbocycles. The zero-order valence-electron chi connectivity index (χ0n) is 13.3. The minimum Gasteiger partial charge on any atom is -0.344 e. The van der Waals surface area contributed by atoms with Crippen molar-refractivity contribution in [1.82, 2.24) is 9.88 Å². The molecule has 1 heterocycles. The number of benzene rings is 1. The molecule has 2 heteroatoms. The van der Waals surface area contributed by atoms with Crippen molar-refractivity contribution in [3.05, 3.63) is 35.0 Å². The lowest BCUT2D eigenvalue weighted by molar-refractivity contribution is 0.688. The largest absolute Gasteiger partial charge is 0.344 e. The minimum atomic E-state index is 0.765. The average molecular weight is 280 g/mol. The van der Waals surface area contributed by atoms with Gasteiger partial charge in [-0.1, -0.05) is 6.07 Å². The molecule has 0 saturated heterocycles. The Morgan fingerprint density at radius 1 is 1.29 bits per heavy atom. The predicted octanol–water partition coefficient (Wildman–Crippen LogP) is 3.92. The van der Waals surface area contributed by atoms with E-state index in [0.717, 1.165) is 25.6 Å². The third kappa shape index (κ3) is 2.99. The number of aromatic nitrogens is 1. The summed E-state index contributed by atoms with van der Waals surface area (Å²) in [7, 11) is 0. The van der Waals surface area contributed by atoms with Crippen molar-refractivity contribution in [2.75, 3.05) is 0 Å². The Hall–Kier alpha value is -1.72. The van der Waals surface area contributed by atoms with Gasteiger partial charge in [-0.25, -0.2) is 0 Å². The molecule has 2 aromatic rings. The van der Waals surface area contributed by atoms with Gasteiger partial charge in [0.25, 0.3) is 0 Å². The molecule has 3 rings (SSSR count). The molecule has 1 N–H and O–H groups in total. The highest BCUT2D eigenvalue weighted by atomic mass is 15.0. The Morgan fingerprint density at radius 3 is 2.81 bits per heavy atom. The highest BCUT2D eigenvalue weighted by Gasteiger charge is 2.20. The van der Waals surface area contributed by atoms with Crippen molar-refractivity contribution < 1.29 is 0 Å². The Bertz CT molecular complexity index is 708. The van der Waals surface area contributed by atoms with Crippen LogP contribution in [0.5, 0.6) is 0 Å². The van der Waals surface area contributed by atoms with Gasteiger partial charge in [-0.2, -0.15) is 0 Å². The van der Waals surface area contributed by atoms with Crippen LogP contribution in [0.25, 0.3) is 10.9 Å². The number of rotatable bonds is 5. The van der Waals surface area contributed by atoms with Crippen molar-refractivity contribution in [2.45, 2.75) is 59.2 Å². The van der Waals surface area contributed by atoms with Crippen LogP contribution in [0.1, 0.15) is 43.0 Å². The Balaban J connectivity index is 1.88. The second-order valence-electron chi connectivity index (χ2n) is 6.05. The first-order valence-electron chi connectivity index (χ1n) is 7.92. The van der Waals surface area contributed by atoms with Crippen LogP contribution in [0, 0.1) is 25.7 Å². The van der Waals surface area contributed by atoms with Crippen molar-refractivity contribution in [3.63, 3.8) is 0 Å². The first-order chi connectivity index (χ1) is 10.2. The summed E-state index contributed by atoms with van der Waals surface area (Å²) < 4.78 is 2.41. The van der Waals surface area contributed by atoms with E-state index >= 15 is 0 Å². The number of nitrogens with one attached hydrogen (secondary N) is 1. The molecule has 1 aliphatic carbocycles. The molecule has 0 aliphatic heterocycles. The van der Waals surface area contributed by atoms with Gasteiger partial charge in [-0.15, -0.1) is 11.8 Å². The van der Waals surface area contributed by atoms with Crippen LogP contribution < -0.4 is 5.32 Å². The molecule has 0 unspecified atom stereocenters. The van der Waals surface area contributed by atoms with Crippen LogP contribution in [0.15, 0.2) is 18.2 Å². The molecule has 0 bridgehead atoms. The number of hydrogen-bond donors (Lipinski definition) is 1. The fraction of sp³-hybridized carbons (Fsp3) is 0.474. The zero-order valence-corrected chi connectivity index (χ0v) is 13.3. The fourth-order valence-corrected chi connectivity index (χ4v) is 2.94. The van der Waals surface area contributed by atoms with Gasteiger partial charge in [-0.05, 0) is 56.9 Å². The Morgan fingerprint density at radius 2 is 2.10 bits per heavy atom. The molecule has 0 atom stereocenters. The number of nitrogens with zero attached hydrogens (tertiary/aromatic N) is 1. The topological polar surface area (TPSA) is 17.0 Å². The summed E-state index contributed by atoms with van der Waals surface area (Å²) >= 11 is 0. The van der Waals surface area contributed by atoms with E-state index in [-0.39, 0.29) is 0 Å². The molecule has 2 nitrogen and oxygen atoms in total. The van der Waals surface area contributed by atoms with E-state index in [0.29, 0.717) is 0 Å². The molecule has 1 aromatic carbocycles. The van der Waals surface area contributed by atoms with E-state index in [9.17, 15) is 0 Å². The summed E-state index contributed by atoms with van der Waals surface area (Å²) in [5.74, 6) is 6.15. The SMILES string of the molecule is CC#CCCn1c(C)c(C)c2cc(CNC3CC3)ccc21. The van der Waals surface area contributed by atoms with Gasteiger partial charge in [0.1, 0.15) is 0 Å². The monoisotopic (exact) mass is 280 g/mol. The maximum Gasteiger partial charge on any atom is 0.0485 e. The third-order valence-electron chi connectivity index (χ3n) is 4.51. The summed E-state index contributed by atoms with van der Waals surface area (Å²) in [5.41, 5.74) is 5.51. The number of fused-ring (bicyclic) bond motifs is 1. The third-order valence-corrected chi connectivity index (χ3v) is 4.51. The summed E-state index contributed by atoms with van der Waals surface area (Å²) in [6, 6.07) is 7.66. The van der Waals surface area contributed by atoms with Crippen molar-refractivity contribution >= 4 is 10.9 Å². The van der Waals surface area contributed by atoms with Gasteiger partial charge in [-0.3, -0.25) is 0 Å². The van der Waals surface area contributed by atoms with Gasteiger partial charge in [0.05, 0.1) is 0 Å². The maximum absolute atomic E-state index is 3.60. The molecule has 21 heavy (non-hydrogen) atoms. The minimum absolute atomic E-state index is 0.765. The highest BCUT2D eigenvalue weighted by Crippen LogP contribution is 2.27. The molecule has 0 spiro atoms. The number of hydrogen-bond acceptors (Lipinski definition) is 1. The molecule has 1 aliphatic rings. The first kappa shape index (κ1) is 14.2. The van der Waals surface area contributed by atoms with E-state index in [4.69, 9.17) is 0 Å². The Labute approximate surface area is 127 Å². The van der Waals surface area contributed by atoms with E-state index in [1.54, 1.807) is 0 Å². The van der Waals surface area contributed by atoms with Gasteiger partial charge >= 0.3 is 0 Å². The van der Waals surface area contributed by atoms with Crippen LogP contribution in [0.2, 0.25) is 0 Å². The van der Waals surface area contributed by atoms with Crippen LogP contribution in [-0.2, 0) is 13.1 Å². The van der Waals surface area contributed by atoms with Crippen LogP contribution in [0.3, 0.4) is 0 Å². The zero-order chi connectivity index (χ0) is 14.8. The average Bonchev–Trinajstić information content (AvgIpc) is 3.29. The number of aryl methyl sites for hydroxylation is 2. The predicted molar refractivity (Wildman–Crippen MR) is 89.3 cm³/mol. The normalized spacial score (nSPS) is 14.2. The fourth-order valence-electron chi connectivity index (χ4n) is 2.94. The summed E-state index contributed by atoms with van der Waals surface area (Å²) in [4.78, 5) is 0. The molecule has 1 fully saturated rings. The lowest BCUT2D eigenvalue weighted by Crippen LogP contribution is -2.15. The molecular formula is C19H24N2. The first-order valence-corrected chi connectivity index (χ1v) is 7.92. The van der Waals surface area contributed by atoms with E-state index in [1.165, 1.54) is 40.6 Å². The quantitative estimate of drug-likeness (QED) is 0.821. The van der Waals surface area contributed by atoms with E-state index < -0.39 is 0 Å². The highest BCUT2D eigenvalue weighted by molar-refractivity contribution is 5.86. The maximum atomic E-state index is 3.60. The van der Waals surface area contributed by atoms with Gasteiger partial charge in [0.15, 0.2) is 0 Å².